The minimum atomic E-state index is 0.429. The zero-order valence-electron chi connectivity index (χ0n) is 12.0. The Kier molecular flexibility index (Phi) is 4.12. The molecular weight excluding hydrogens is 302 g/mol. The van der Waals surface area contributed by atoms with Gasteiger partial charge in [-0.1, -0.05) is 18.7 Å². The fourth-order valence-electron chi connectivity index (χ4n) is 1.95. The van der Waals surface area contributed by atoms with Gasteiger partial charge in [0.15, 0.2) is 5.16 Å². The molecule has 5 nitrogen and oxygen atoms in total. The molecule has 3 heterocycles. The van der Waals surface area contributed by atoms with Crippen LogP contribution in [0.5, 0.6) is 0 Å². The van der Waals surface area contributed by atoms with E-state index in [2.05, 4.69) is 28.9 Å². The number of nitrogen functional groups attached to an aromatic ring is 1. The highest BCUT2D eigenvalue weighted by Crippen LogP contribution is 2.27. The first-order valence-corrected chi connectivity index (χ1v) is 8.71. The third-order valence-electron chi connectivity index (χ3n) is 3.39. The molecule has 3 aromatic heterocycles. The fraction of sp³-hybridized carbons (Fsp3) is 0.357. The van der Waals surface area contributed by atoms with Crippen LogP contribution >= 0.6 is 23.1 Å². The van der Waals surface area contributed by atoms with Crippen molar-refractivity contribution in [2.45, 2.75) is 37.2 Å². The minimum Gasteiger partial charge on any atom is -0.383 e. The summed E-state index contributed by atoms with van der Waals surface area (Å²) in [5.41, 5.74) is 6.99. The van der Waals surface area contributed by atoms with Crippen molar-refractivity contribution in [1.29, 1.82) is 0 Å². The lowest BCUT2D eigenvalue weighted by Crippen LogP contribution is -2.04. The number of thiophene rings is 1. The molecule has 0 spiro atoms. The van der Waals surface area contributed by atoms with E-state index in [-0.39, 0.29) is 0 Å². The van der Waals surface area contributed by atoms with Gasteiger partial charge in [0.25, 0.3) is 0 Å². The lowest BCUT2D eigenvalue weighted by atomic mass is 10.3. The second-order valence-corrected chi connectivity index (χ2v) is 6.70. The van der Waals surface area contributed by atoms with E-state index in [9.17, 15) is 0 Å². The van der Waals surface area contributed by atoms with Crippen molar-refractivity contribution in [3.05, 3.63) is 29.4 Å². The van der Waals surface area contributed by atoms with Crippen LogP contribution in [-0.2, 0) is 5.75 Å². The first-order chi connectivity index (χ1) is 10.2. The van der Waals surface area contributed by atoms with Crippen LogP contribution in [0, 0.1) is 0 Å². The normalized spacial score (nSPS) is 12.9. The van der Waals surface area contributed by atoms with Crippen LogP contribution in [0.1, 0.15) is 32.0 Å². The van der Waals surface area contributed by atoms with Crippen LogP contribution in [0.2, 0.25) is 0 Å². The Hall–Kier alpha value is -1.60. The zero-order chi connectivity index (χ0) is 14.8. The summed E-state index contributed by atoms with van der Waals surface area (Å²) < 4.78 is 2.01. The molecule has 0 aliphatic carbocycles. The van der Waals surface area contributed by atoms with Crippen LogP contribution in [0.15, 0.2) is 28.9 Å². The van der Waals surface area contributed by atoms with E-state index in [1.54, 1.807) is 23.1 Å². The molecule has 0 saturated heterocycles. The molecule has 1 unspecified atom stereocenters. The number of aromatic nitrogens is 4. The van der Waals surface area contributed by atoms with Crippen LogP contribution in [-0.4, -0.2) is 19.7 Å². The Morgan fingerprint density at radius 3 is 3.05 bits per heavy atom. The molecule has 0 saturated carbocycles. The molecule has 0 aliphatic rings. The van der Waals surface area contributed by atoms with Gasteiger partial charge in [-0.25, -0.2) is 9.97 Å². The Morgan fingerprint density at radius 2 is 2.24 bits per heavy atom. The fourth-order valence-corrected chi connectivity index (χ4v) is 3.53. The molecule has 3 rings (SSSR count). The summed E-state index contributed by atoms with van der Waals surface area (Å²) in [6.07, 6.45) is 3.10. The maximum atomic E-state index is 5.95. The third kappa shape index (κ3) is 3.03. The standard InChI is InChI=1S/C14H17N5S2/c1-3-9(2)19-6-4-10(18-19)8-21-14-16-12(15)11-5-7-20-13(11)17-14/h4-7,9H,3,8H2,1-2H3,(H2,15,16,17). The molecule has 0 radical (unpaired) electrons. The second kappa shape index (κ2) is 6.03. The Bertz CT molecular complexity index is 749. The lowest BCUT2D eigenvalue weighted by Gasteiger charge is -2.08. The van der Waals surface area contributed by atoms with Crippen molar-refractivity contribution in [3.63, 3.8) is 0 Å². The van der Waals surface area contributed by atoms with E-state index < -0.39 is 0 Å². The largest absolute Gasteiger partial charge is 0.383 e. The van der Waals surface area contributed by atoms with Crippen LogP contribution in [0.3, 0.4) is 0 Å². The van der Waals surface area contributed by atoms with Gasteiger partial charge < -0.3 is 5.73 Å². The first-order valence-electron chi connectivity index (χ1n) is 6.85. The highest BCUT2D eigenvalue weighted by Gasteiger charge is 2.09. The van der Waals surface area contributed by atoms with Gasteiger partial charge in [-0.3, -0.25) is 4.68 Å². The molecule has 0 aromatic carbocycles. The van der Waals surface area contributed by atoms with Gasteiger partial charge in [-0.2, -0.15) is 5.10 Å². The van der Waals surface area contributed by atoms with Crippen LogP contribution < -0.4 is 5.73 Å². The number of nitrogens with zero attached hydrogens (tertiary/aromatic N) is 4. The van der Waals surface area contributed by atoms with Crippen molar-refractivity contribution < 1.29 is 0 Å². The van der Waals surface area contributed by atoms with Gasteiger partial charge >= 0.3 is 0 Å². The van der Waals surface area contributed by atoms with E-state index in [1.165, 1.54) is 0 Å². The van der Waals surface area contributed by atoms with Gasteiger partial charge in [0.05, 0.1) is 11.1 Å². The number of fused-ring (bicyclic) bond motifs is 1. The van der Waals surface area contributed by atoms with Gasteiger partial charge in [0, 0.05) is 18.0 Å². The summed E-state index contributed by atoms with van der Waals surface area (Å²) in [6, 6.07) is 4.43. The average molecular weight is 319 g/mol. The monoisotopic (exact) mass is 319 g/mol. The summed E-state index contributed by atoms with van der Waals surface area (Å²) in [5.74, 6) is 1.30. The maximum absolute atomic E-state index is 5.95. The Balaban J connectivity index is 1.72. The average Bonchev–Trinajstić information content (AvgIpc) is 3.13. The van der Waals surface area contributed by atoms with Gasteiger partial charge in [-0.05, 0) is 30.9 Å². The smallest absolute Gasteiger partial charge is 0.191 e. The predicted molar refractivity (Wildman–Crippen MR) is 88.6 cm³/mol. The molecule has 3 aromatic rings. The quantitative estimate of drug-likeness (QED) is 0.573. The lowest BCUT2D eigenvalue weighted by molar-refractivity contribution is 0.475. The maximum Gasteiger partial charge on any atom is 0.191 e. The summed E-state index contributed by atoms with van der Waals surface area (Å²) in [5, 5.41) is 8.21. The van der Waals surface area contributed by atoms with Crippen molar-refractivity contribution >= 4 is 39.1 Å². The van der Waals surface area contributed by atoms with Gasteiger partial charge in [0.2, 0.25) is 0 Å². The summed E-state index contributed by atoms with van der Waals surface area (Å²) in [6.45, 7) is 4.33. The highest BCUT2D eigenvalue weighted by atomic mass is 32.2. The van der Waals surface area contributed by atoms with E-state index >= 15 is 0 Å². The number of hydrogen-bond donors (Lipinski definition) is 1. The SMILES string of the molecule is CCC(C)n1ccc(CSc2nc(N)c3ccsc3n2)n1. The number of hydrogen-bond acceptors (Lipinski definition) is 6. The Labute approximate surface area is 131 Å². The minimum absolute atomic E-state index is 0.429. The number of rotatable bonds is 5. The van der Waals surface area contributed by atoms with Crippen molar-refractivity contribution in [2.75, 3.05) is 5.73 Å². The van der Waals surface area contributed by atoms with E-state index in [0.717, 1.165) is 28.1 Å². The number of thioether (sulfide) groups is 1. The van der Waals surface area contributed by atoms with Gasteiger partial charge in [-0.15, -0.1) is 11.3 Å². The molecular formula is C14H17N5S2. The van der Waals surface area contributed by atoms with Crippen molar-refractivity contribution in [2.24, 2.45) is 0 Å². The molecule has 0 bridgehead atoms. The molecule has 2 N–H and O–H groups in total. The Morgan fingerprint density at radius 1 is 1.38 bits per heavy atom. The summed E-state index contributed by atoms with van der Waals surface area (Å²) in [4.78, 5) is 9.81. The molecule has 1 atom stereocenters. The summed E-state index contributed by atoms with van der Waals surface area (Å²) in [7, 11) is 0. The van der Waals surface area contributed by atoms with Gasteiger partial charge in [0.1, 0.15) is 10.6 Å². The molecule has 21 heavy (non-hydrogen) atoms. The highest BCUT2D eigenvalue weighted by molar-refractivity contribution is 7.98. The van der Waals surface area contributed by atoms with Crippen molar-refractivity contribution in [1.82, 2.24) is 19.7 Å². The molecule has 0 amide bonds. The zero-order valence-corrected chi connectivity index (χ0v) is 13.6. The van der Waals surface area contributed by atoms with Crippen LogP contribution in [0.25, 0.3) is 10.2 Å². The van der Waals surface area contributed by atoms with Crippen molar-refractivity contribution in [3.8, 4) is 0 Å². The number of nitrogens with two attached hydrogens (primary N) is 1. The predicted octanol–water partition coefficient (Wildman–Crippen LogP) is 3.73. The second-order valence-electron chi connectivity index (χ2n) is 4.86. The topological polar surface area (TPSA) is 69.6 Å². The summed E-state index contributed by atoms with van der Waals surface area (Å²) >= 11 is 3.15. The third-order valence-corrected chi connectivity index (χ3v) is 5.08. The molecule has 0 fully saturated rings. The first kappa shape index (κ1) is 14.3. The molecule has 0 aliphatic heterocycles. The van der Waals surface area contributed by atoms with E-state index in [4.69, 9.17) is 5.73 Å². The van der Waals surface area contributed by atoms with Crippen LogP contribution in [0.4, 0.5) is 5.82 Å². The number of anilines is 1. The molecule has 110 valence electrons. The van der Waals surface area contributed by atoms with E-state index in [1.807, 2.05) is 28.4 Å². The molecule has 7 heteroatoms. The van der Waals surface area contributed by atoms with E-state index in [0.29, 0.717) is 17.0 Å².